The van der Waals surface area contributed by atoms with Crippen molar-refractivity contribution in [2.75, 3.05) is 19.8 Å². The van der Waals surface area contributed by atoms with Crippen molar-refractivity contribution in [1.29, 1.82) is 0 Å². The molecule has 4 amide bonds. The van der Waals surface area contributed by atoms with Crippen molar-refractivity contribution in [1.82, 2.24) is 34.8 Å². The molecule has 5 fully saturated rings. The SMILES string of the molecule is CC(C)n1c(O[C@@H]2C[C@H]3C(=O)N[C@]4(C(=O)NS(=O)(=O)C5(C)CC5)C[C@H]4/C=C\CCCCC[C@H](NC(=O)OC4COC4)C(=O)N3C2)nc2c(-c3nc(C4CCCC4)cs3)cccc21. The molecule has 3 saturated carbocycles. The van der Waals surface area contributed by atoms with Gasteiger partial charge in [-0.15, -0.1) is 11.3 Å². The number of ether oxygens (including phenoxy) is 3. The normalized spacial score (nSPS) is 28.5. The number of imidazole rings is 1. The Kier molecular flexibility index (Phi) is 11.6. The number of carbonyl (C=O) groups is 4. The summed E-state index contributed by atoms with van der Waals surface area (Å²) in [5.41, 5.74) is 2.10. The molecule has 3 aromatic rings. The first-order valence-electron chi connectivity index (χ1n) is 22.3. The van der Waals surface area contributed by atoms with Crippen LogP contribution < -0.4 is 20.1 Å². The predicted octanol–water partition coefficient (Wildman–Crippen LogP) is 5.63. The van der Waals surface area contributed by atoms with Gasteiger partial charge in [-0.25, -0.2) is 18.2 Å². The number of hydrogen-bond acceptors (Lipinski definition) is 12. The van der Waals surface area contributed by atoms with Crippen molar-refractivity contribution in [2.45, 2.75) is 151 Å². The number of sulfonamides is 1. The quantitative estimate of drug-likeness (QED) is 0.213. The van der Waals surface area contributed by atoms with Crippen LogP contribution in [0, 0.1) is 5.92 Å². The number of rotatable bonds is 10. The van der Waals surface area contributed by atoms with Crippen LogP contribution in [0.2, 0.25) is 0 Å². The second kappa shape index (κ2) is 16.9. The molecule has 16 nitrogen and oxygen atoms in total. The number of nitrogens with one attached hydrogen (secondary N) is 3. The Morgan fingerprint density at radius 2 is 1.81 bits per heavy atom. The number of nitrogens with zero attached hydrogens (tertiary/aromatic N) is 4. The van der Waals surface area contributed by atoms with Crippen LogP contribution in [0.15, 0.2) is 35.7 Å². The minimum Gasteiger partial charge on any atom is -0.459 e. The Morgan fingerprint density at radius 1 is 1.03 bits per heavy atom. The fourth-order valence-electron chi connectivity index (χ4n) is 9.37. The Balaban J connectivity index is 1.02. The summed E-state index contributed by atoms with van der Waals surface area (Å²) in [7, 11) is -4.00. The molecular weight excluding hydrogens is 835 g/mol. The second-order valence-electron chi connectivity index (χ2n) is 18.6. The molecule has 2 saturated heterocycles. The summed E-state index contributed by atoms with van der Waals surface area (Å²) in [4.78, 5) is 68.1. The van der Waals surface area contributed by atoms with E-state index in [4.69, 9.17) is 24.2 Å². The van der Waals surface area contributed by atoms with Crippen LogP contribution in [0.5, 0.6) is 6.01 Å². The fourth-order valence-corrected chi connectivity index (χ4v) is 11.6. The summed E-state index contributed by atoms with van der Waals surface area (Å²) in [5, 5.41) is 8.76. The summed E-state index contributed by atoms with van der Waals surface area (Å²) in [6.07, 6.45) is 11.0. The molecule has 0 spiro atoms. The number of para-hydroxylation sites is 1. The molecule has 9 rings (SSSR count). The van der Waals surface area contributed by atoms with E-state index in [1.54, 1.807) is 18.3 Å². The Bertz CT molecular complexity index is 2360. The first kappa shape index (κ1) is 42.7. The Labute approximate surface area is 366 Å². The lowest BCUT2D eigenvalue weighted by Gasteiger charge is -2.31. The van der Waals surface area contributed by atoms with E-state index in [9.17, 15) is 27.6 Å². The van der Waals surface area contributed by atoms with Gasteiger partial charge in [-0.05, 0) is 84.3 Å². The van der Waals surface area contributed by atoms with E-state index in [1.165, 1.54) is 17.7 Å². The van der Waals surface area contributed by atoms with Crippen LogP contribution in [0.3, 0.4) is 0 Å². The number of carbonyl (C=O) groups excluding carboxylic acids is 4. The van der Waals surface area contributed by atoms with Crippen molar-refractivity contribution in [2.24, 2.45) is 5.92 Å². The highest BCUT2D eigenvalue weighted by Gasteiger charge is 2.63. The van der Waals surface area contributed by atoms with E-state index in [0.29, 0.717) is 44.0 Å². The third kappa shape index (κ3) is 8.33. The largest absolute Gasteiger partial charge is 0.459 e. The molecular formula is C44H57N7O9S2. The highest BCUT2D eigenvalue weighted by molar-refractivity contribution is 7.91. The topological polar surface area (TPSA) is 200 Å². The summed E-state index contributed by atoms with van der Waals surface area (Å²) in [6.45, 7) is 6.22. The minimum atomic E-state index is -4.00. The highest BCUT2D eigenvalue weighted by atomic mass is 32.2. The molecule has 0 bridgehead atoms. The van der Waals surface area contributed by atoms with Gasteiger partial charge in [0, 0.05) is 35.2 Å². The number of aromatic nitrogens is 3. The lowest BCUT2D eigenvalue weighted by Crippen LogP contribution is -2.58. The molecule has 0 radical (unpaired) electrons. The number of hydrogen-bond donors (Lipinski definition) is 3. The lowest BCUT2D eigenvalue weighted by molar-refractivity contribution is -0.141. The van der Waals surface area contributed by atoms with E-state index in [2.05, 4.69) is 20.7 Å². The van der Waals surface area contributed by atoms with Crippen LogP contribution >= 0.6 is 11.3 Å². The minimum absolute atomic E-state index is 0.0126. The third-order valence-corrected chi connectivity index (χ3v) is 16.7. The van der Waals surface area contributed by atoms with Gasteiger partial charge in [0.15, 0.2) is 6.10 Å². The van der Waals surface area contributed by atoms with E-state index in [1.807, 2.05) is 48.8 Å². The maximum absolute atomic E-state index is 14.7. The monoisotopic (exact) mass is 891 g/mol. The van der Waals surface area contributed by atoms with Crippen molar-refractivity contribution in [3.63, 3.8) is 0 Å². The van der Waals surface area contributed by atoms with Crippen LogP contribution in [-0.4, -0.2) is 106 Å². The fraction of sp³-hybridized carbons (Fsp3) is 0.636. The number of fused-ring (bicyclic) bond motifs is 3. The molecule has 18 heteroatoms. The Hall–Kier alpha value is -4.55. The number of alkyl carbamates (subject to hydrolysis) is 1. The van der Waals surface area contributed by atoms with Crippen LogP contribution in [-0.2, 0) is 33.9 Å². The maximum Gasteiger partial charge on any atom is 0.408 e. The van der Waals surface area contributed by atoms with Gasteiger partial charge >= 0.3 is 6.09 Å². The standard InChI is InChI=1S/C44H57N7O9S2/c1-26(2)51-34-17-11-15-31(38-45-33(25-61-38)27-12-9-10-13-27)36(34)47-41(51)59-29-20-35-37(52)48-44(40(54)49-62(56,57)43(3)18-19-43)21-28(44)14-7-5-4-6-8-16-32(39(53)50(35)22-29)46-42(55)60-30-23-58-24-30/h7,11,14-15,17,25-30,32,35H,4-6,8-10,12-13,16,18-24H2,1-3H3,(H,46,55)(H,48,52)(H,49,54)/b14-7-/t28-,29-,32+,35+,44-/m1/s1. The summed E-state index contributed by atoms with van der Waals surface area (Å²) in [6, 6.07) is 4.15. The first-order chi connectivity index (χ1) is 29.7. The van der Waals surface area contributed by atoms with Gasteiger partial charge in [-0.2, -0.15) is 4.98 Å². The Morgan fingerprint density at radius 3 is 2.53 bits per heavy atom. The molecule has 0 unspecified atom stereocenters. The van der Waals surface area contributed by atoms with Gasteiger partial charge in [0.2, 0.25) is 21.8 Å². The molecule has 2 aromatic heterocycles. The average molecular weight is 892 g/mol. The van der Waals surface area contributed by atoms with Crippen LogP contribution in [0.4, 0.5) is 4.79 Å². The van der Waals surface area contributed by atoms with Gasteiger partial charge in [-0.1, -0.05) is 43.9 Å². The average Bonchev–Trinajstić information content (AvgIpc) is 3.70. The van der Waals surface area contributed by atoms with E-state index in [0.717, 1.165) is 53.0 Å². The molecule has 334 valence electrons. The summed E-state index contributed by atoms with van der Waals surface area (Å²) in [5.74, 6) is -1.86. The second-order valence-corrected chi connectivity index (χ2v) is 21.6. The van der Waals surface area contributed by atoms with Gasteiger partial charge in [0.05, 0.1) is 35.7 Å². The molecule has 5 atom stereocenters. The lowest BCUT2D eigenvalue weighted by atomic mass is 10.0. The van der Waals surface area contributed by atoms with E-state index in [-0.39, 0.29) is 38.6 Å². The predicted molar refractivity (Wildman–Crippen MR) is 231 cm³/mol. The molecule has 6 aliphatic rings. The van der Waals surface area contributed by atoms with Gasteiger partial charge in [0.25, 0.3) is 11.9 Å². The number of thiazole rings is 1. The molecule has 3 aliphatic carbocycles. The van der Waals surface area contributed by atoms with Gasteiger partial charge < -0.3 is 29.7 Å². The summed E-state index contributed by atoms with van der Waals surface area (Å²) < 4.78 is 47.2. The highest BCUT2D eigenvalue weighted by Crippen LogP contribution is 2.48. The van der Waals surface area contributed by atoms with Crippen molar-refractivity contribution < 1.29 is 41.8 Å². The number of allylic oxidation sites excluding steroid dienone is 1. The van der Waals surface area contributed by atoms with Crippen LogP contribution in [0.1, 0.15) is 122 Å². The third-order valence-electron chi connectivity index (χ3n) is 13.6. The molecule has 1 aromatic carbocycles. The zero-order chi connectivity index (χ0) is 43.4. The van der Waals surface area contributed by atoms with Crippen molar-refractivity contribution in [3.8, 4) is 16.6 Å². The zero-order valence-electron chi connectivity index (χ0n) is 35.6. The molecule has 5 heterocycles. The van der Waals surface area contributed by atoms with Crippen molar-refractivity contribution in [3.05, 3.63) is 41.4 Å². The van der Waals surface area contributed by atoms with Crippen LogP contribution in [0.25, 0.3) is 21.6 Å². The summed E-state index contributed by atoms with van der Waals surface area (Å²) >= 11 is 1.61. The first-order valence-corrected chi connectivity index (χ1v) is 24.7. The van der Waals surface area contributed by atoms with Gasteiger partial charge in [0.1, 0.15) is 34.3 Å². The molecule has 3 aliphatic heterocycles. The van der Waals surface area contributed by atoms with Crippen molar-refractivity contribution >= 4 is 56.2 Å². The zero-order valence-corrected chi connectivity index (χ0v) is 37.2. The molecule has 3 N–H and O–H groups in total. The van der Waals surface area contributed by atoms with E-state index < -0.39 is 74.3 Å². The smallest absolute Gasteiger partial charge is 0.408 e. The number of amides is 4. The van der Waals surface area contributed by atoms with Gasteiger partial charge in [-0.3, -0.25) is 23.7 Å². The maximum atomic E-state index is 14.7. The molecule has 62 heavy (non-hydrogen) atoms. The van der Waals surface area contributed by atoms with E-state index >= 15 is 0 Å². The number of benzene rings is 1.